The summed E-state index contributed by atoms with van der Waals surface area (Å²) in [6.07, 6.45) is 5.79. The average Bonchev–Trinajstić information content (AvgIpc) is 3.37. The van der Waals surface area contributed by atoms with Crippen molar-refractivity contribution in [2.75, 3.05) is 40.0 Å². The van der Waals surface area contributed by atoms with E-state index in [0.717, 1.165) is 51.6 Å². The monoisotopic (exact) mass is 528 g/mol. The van der Waals surface area contributed by atoms with Gasteiger partial charge in [-0.05, 0) is 87.1 Å². The molecule has 2 saturated heterocycles. The Morgan fingerprint density at radius 3 is 2.32 bits per heavy atom. The molecule has 0 spiro atoms. The number of amides is 1. The Hall–Kier alpha value is -2.42. The Morgan fingerprint density at radius 1 is 1.00 bits per heavy atom. The van der Waals surface area contributed by atoms with Crippen molar-refractivity contribution in [1.29, 1.82) is 0 Å². The molecule has 2 fully saturated rings. The topological polar surface area (TPSA) is 76.1 Å². The highest BCUT2D eigenvalue weighted by atomic mass is 32.2. The van der Waals surface area contributed by atoms with Crippen LogP contribution in [0, 0.1) is 19.8 Å². The van der Waals surface area contributed by atoms with Crippen LogP contribution in [-0.2, 0) is 26.0 Å². The molecule has 0 bridgehead atoms. The first-order valence-electron chi connectivity index (χ1n) is 13.4. The van der Waals surface area contributed by atoms with Crippen molar-refractivity contribution in [1.82, 2.24) is 9.21 Å². The molecule has 0 saturated carbocycles. The highest BCUT2D eigenvalue weighted by Gasteiger charge is 2.37. The second-order valence-electron chi connectivity index (χ2n) is 10.4. The van der Waals surface area contributed by atoms with E-state index < -0.39 is 10.0 Å². The normalized spacial score (nSPS) is 19.3. The quantitative estimate of drug-likeness (QED) is 0.458. The molecule has 202 valence electrons. The van der Waals surface area contributed by atoms with E-state index in [0.29, 0.717) is 34.2 Å². The number of ether oxygens (including phenoxy) is 2. The molecule has 8 heteroatoms. The summed E-state index contributed by atoms with van der Waals surface area (Å²) in [5.74, 6) is 1.29. The second kappa shape index (κ2) is 12.4. The van der Waals surface area contributed by atoms with Crippen LogP contribution in [0.1, 0.15) is 48.8 Å². The fourth-order valence-electron chi connectivity index (χ4n) is 5.70. The van der Waals surface area contributed by atoms with Crippen molar-refractivity contribution in [3.05, 3.63) is 59.2 Å². The molecule has 4 rings (SSSR count). The minimum Gasteiger partial charge on any atom is -0.497 e. The number of methoxy groups -OCH3 is 1. The van der Waals surface area contributed by atoms with Crippen LogP contribution in [0.4, 0.5) is 0 Å². The molecule has 0 radical (unpaired) electrons. The van der Waals surface area contributed by atoms with Gasteiger partial charge in [-0.15, -0.1) is 0 Å². The van der Waals surface area contributed by atoms with Crippen molar-refractivity contribution in [3.63, 3.8) is 0 Å². The number of sulfonamides is 1. The largest absolute Gasteiger partial charge is 0.497 e. The van der Waals surface area contributed by atoms with Crippen molar-refractivity contribution >= 4 is 15.9 Å². The van der Waals surface area contributed by atoms with E-state index in [1.807, 2.05) is 11.0 Å². The Morgan fingerprint density at radius 2 is 1.68 bits per heavy atom. The van der Waals surface area contributed by atoms with E-state index in [1.165, 1.54) is 5.56 Å². The third-order valence-corrected chi connectivity index (χ3v) is 10.0. The smallest absolute Gasteiger partial charge is 0.248 e. The van der Waals surface area contributed by atoms with Gasteiger partial charge in [-0.2, -0.15) is 4.31 Å². The number of nitrogens with zero attached hydrogens (tertiary/aromatic N) is 2. The number of carbonyl (C=O) groups excluding carboxylic acids is 1. The first-order valence-corrected chi connectivity index (χ1v) is 14.8. The van der Waals surface area contributed by atoms with E-state index in [2.05, 4.69) is 24.3 Å². The van der Waals surface area contributed by atoms with Gasteiger partial charge in [0.15, 0.2) is 0 Å². The fraction of sp³-hybridized carbons (Fsp3) is 0.552. The highest BCUT2D eigenvalue weighted by Crippen LogP contribution is 2.32. The molecule has 1 atom stereocenters. The zero-order valence-corrected chi connectivity index (χ0v) is 23.1. The molecule has 2 aliphatic rings. The van der Waals surface area contributed by atoms with Crippen LogP contribution in [0.2, 0.25) is 0 Å². The Kier molecular flexibility index (Phi) is 9.27. The van der Waals surface area contributed by atoms with Crippen LogP contribution in [0.5, 0.6) is 5.75 Å². The lowest BCUT2D eigenvalue weighted by molar-refractivity contribution is -0.137. The van der Waals surface area contributed by atoms with Gasteiger partial charge in [-0.25, -0.2) is 8.42 Å². The third kappa shape index (κ3) is 6.72. The number of hydrogen-bond donors (Lipinski definition) is 0. The number of rotatable bonds is 10. The van der Waals surface area contributed by atoms with Crippen LogP contribution in [0.25, 0.3) is 0 Å². The molecule has 2 aromatic rings. The van der Waals surface area contributed by atoms with Gasteiger partial charge in [0.2, 0.25) is 15.9 Å². The van der Waals surface area contributed by atoms with Gasteiger partial charge < -0.3 is 14.4 Å². The molecule has 2 aromatic carbocycles. The van der Waals surface area contributed by atoms with Gasteiger partial charge in [0, 0.05) is 25.7 Å². The minimum atomic E-state index is -3.67. The van der Waals surface area contributed by atoms with E-state index >= 15 is 0 Å². The van der Waals surface area contributed by atoms with Gasteiger partial charge in [-0.3, -0.25) is 4.79 Å². The summed E-state index contributed by atoms with van der Waals surface area (Å²) in [6, 6.07) is 13.8. The Bertz CT molecular complexity index is 1140. The summed E-state index contributed by atoms with van der Waals surface area (Å²) >= 11 is 0. The number of hydrogen-bond acceptors (Lipinski definition) is 5. The molecule has 0 unspecified atom stereocenters. The molecule has 0 N–H and O–H groups in total. The summed E-state index contributed by atoms with van der Waals surface area (Å²) in [6.45, 7) is 5.82. The summed E-state index contributed by atoms with van der Waals surface area (Å²) in [4.78, 5) is 15.0. The van der Waals surface area contributed by atoms with Crippen LogP contribution in [0.15, 0.2) is 47.4 Å². The first kappa shape index (κ1) is 27.6. The van der Waals surface area contributed by atoms with Crippen LogP contribution in [-0.4, -0.2) is 69.5 Å². The summed E-state index contributed by atoms with van der Waals surface area (Å²) in [5, 5.41) is 0. The van der Waals surface area contributed by atoms with E-state index in [4.69, 9.17) is 9.47 Å². The third-order valence-electron chi connectivity index (χ3n) is 7.75. The van der Waals surface area contributed by atoms with Gasteiger partial charge in [0.25, 0.3) is 0 Å². The van der Waals surface area contributed by atoms with Crippen LogP contribution < -0.4 is 4.74 Å². The molecule has 2 aliphatic heterocycles. The van der Waals surface area contributed by atoms with Crippen molar-refractivity contribution in [2.45, 2.75) is 63.3 Å². The van der Waals surface area contributed by atoms with E-state index in [-0.39, 0.29) is 25.2 Å². The highest BCUT2D eigenvalue weighted by molar-refractivity contribution is 7.89. The number of likely N-dealkylation sites (tertiary alicyclic amines) is 1. The Balaban J connectivity index is 1.25. The van der Waals surface area contributed by atoms with Gasteiger partial charge in [0.1, 0.15) is 12.4 Å². The molecule has 0 aliphatic carbocycles. The van der Waals surface area contributed by atoms with Crippen LogP contribution in [0.3, 0.4) is 0 Å². The van der Waals surface area contributed by atoms with Crippen molar-refractivity contribution in [3.8, 4) is 5.75 Å². The molecule has 2 heterocycles. The molecule has 37 heavy (non-hydrogen) atoms. The molecule has 0 aromatic heterocycles. The van der Waals surface area contributed by atoms with Crippen molar-refractivity contribution < 1.29 is 22.7 Å². The molecular formula is C29H40N2O5S. The number of piperidine rings is 1. The zero-order valence-electron chi connectivity index (χ0n) is 22.3. The maximum absolute atomic E-state index is 13.6. The van der Waals surface area contributed by atoms with Crippen LogP contribution >= 0.6 is 0 Å². The van der Waals surface area contributed by atoms with Crippen molar-refractivity contribution in [2.24, 2.45) is 5.92 Å². The molecule has 7 nitrogen and oxygen atoms in total. The number of carbonyl (C=O) groups is 1. The maximum atomic E-state index is 13.6. The predicted octanol–water partition coefficient (Wildman–Crippen LogP) is 4.35. The summed E-state index contributed by atoms with van der Waals surface area (Å²) < 4.78 is 39.8. The zero-order chi connectivity index (χ0) is 26.4. The fourth-order valence-corrected chi connectivity index (χ4v) is 7.80. The lowest BCUT2D eigenvalue weighted by Crippen LogP contribution is -2.42. The first-order chi connectivity index (χ1) is 17.8. The number of aryl methyl sites for hydroxylation is 3. The molecule has 1 amide bonds. The minimum absolute atomic E-state index is 0.000336. The van der Waals surface area contributed by atoms with Gasteiger partial charge >= 0.3 is 0 Å². The second-order valence-corrected chi connectivity index (χ2v) is 12.2. The van der Waals surface area contributed by atoms with Gasteiger partial charge in [0.05, 0.1) is 18.6 Å². The standard InChI is InChI=1S/C29H40N2O5S/c1-22-18-27(35-3)19-23(2)29(22)37(33,34)31-15-7-10-26(31)20-36-21-28(32)30-16-13-25(14-17-30)12-11-24-8-5-4-6-9-24/h4-6,8-9,18-19,25-26H,7,10-17,20-21H2,1-3H3/t26-/m0/s1. The summed E-state index contributed by atoms with van der Waals surface area (Å²) in [7, 11) is -2.10. The Labute approximate surface area is 221 Å². The predicted molar refractivity (Wildman–Crippen MR) is 144 cm³/mol. The summed E-state index contributed by atoms with van der Waals surface area (Å²) in [5.41, 5.74) is 2.71. The SMILES string of the molecule is COc1cc(C)c(S(=O)(=O)N2CCC[C@H]2COCC(=O)N2CCC(CCc3ccccc3)CC2)c(C)c1. The molecular weight excluding hydrogens is 488 g/mol. The van der Waals surface area contributed by atoms with E-state index in [1.54, 1.807) is 37.4 Å². The average molecular weight is 529 g/mol. The lowest BCUT2D eigenvalue weighted by atomic mass is 9.90. The lowest BCUT2D eigenvalue weighted by Gasteiger charge is -2.32. The maximum Gasteiger partial charge on any atom is 0.248 e. The number of benzene rings is 2. The van der Waals surface area contributed by atoms with E-state index in [9.17, 15) is 13.2 Å². The van der Waals surface area contributed by atoms with Gasteiger partial charge in [-0.1, -0.05) is 30.3 Å².